The van der Waals surface area contributed by atoms with Gasteiger partial charge in [0.2, 0.25) is 11.0 Å². The summed E-state index contributed by atoms with van der Waals surface area (Å²) < 4.78 is 4.24. The molecule has 1 amide bonds. The Labute approximate surface area is 140 Å². The van der Waals surface area contributed by atoms with Crippen molar-refractivity contribution >= 4 is 28.3 Å². The van der Waals surface area contributed by atoms with E-state index < -0.39 is 0 Å². The van der Waals surface area contributed by atoms with E-state index in [0.29, 0.717) is 6.42 Å². The second kappa shape index (κ2) is 6.95. The van der Waals surface area contributed by atoms with E-state index in [2.05, 4.69) is 14.3 Å². The number of nitrogens with zero attached hydrogens (tertiary/aromatic N) is 4. The molecule has 7 heteroatoms. The van der Waals surface area contributed by atoms with Gasteiger partial charge >= 0.3 is 0 Å². The van der Waals surface area contributed by atoms with E-state index in [1.54, 1.807) is 0 Å². The SMILES string of the molecule is Cc1nsc(N2CCCN(C(=O)Cc3ccc(N)cc3)CC2)n1. The third-order valence-electron chi connectivity index (χ3n) is 3.97. The van der Waals surface area contributed by atoms with Crippen LogP contribution in [0.3, 0.4) is 0 Å². The number of aryl methyl sites for hydroxylation is 1. The lowest BCUT2D eigenvalue weighted by atomic mass is 10.1. The van der Waals surface area contributed by atoms with Crippen molar-refractivity contribution < 1.29 is 4.79 Å². The van der Waals surface area contributed by atoms with Crippen molar-refractivity contribution in [3.05, 3.63) is 35.7 Å². The van der Waals surface area contributed by atoms with E-state index >= 15 is 0 Å². The molecule has 0 radical (unpaired) electrons. The molecular weight excluding hydrogens is 310 g/mol. The van der Waals surface area contributed by atoms with Gasteiger partial charge < -0.3 is 15.5 Å². The fourth-order valence-electron chi connectivity index (χ4n) is 2.69. The molecule has 1 aliphatic rings. The number of carbonyl (C=O) groups is 1. The number of aromatic nitrogens is 2. The second-order valence-electron chi connectivity index (χ2n) is 5.76. The number of hydrogen-bond donors (Lipinski definition) is 1. The highest BCUT2D eigenvalue weighted by Crippen LogP contribution is 2.19. The molecule has 2 aromatic rings. The first kappa shape index (κ1) is 15.7. The van der Waals surface area contributed by atoms with Crippen LogP contribution in [0, 0.1) is 6.92 Å². The predicted molar refractivity (Wildman–Crippen MR) is 92.6 cm³/mol. The molecule has 1 saturated heterocycles. The number of nitrogens with two attached hydrogens (primary N) is 1. The van der Waals surface area contributed by atoms with Crippen LogP contribution < -0.4 is 10.6 Å². The summed E-state index contributed by atoms with van der Waals surface area (Å²) in [6, 6.07) is 7.51. The highest BCUT2D eigenvalue weighted by molar-refractivity contribution is 7.09. The summed E-state index contributed by atoms with van der Waals surface area (Å²) in [5.74, 6) is 0.982. The van der Waals surface area contributed by atoms with Gasteiger partial charge in [-0.15, -0.1) is 0 Å². The predicted octanol–water partition coefficient (Wildman–Crippen LogP) is 1.71. The topological polar surface area (TPSA) is 75.4 Å². The third kappa shape index (κ3) is 3.98. The third-order valence-corrected chi connectivity index (χ3v) is 4.84. The molecule has 0 saturated carbocycles. The Balaban J connectivity index is 1.58. The van der Waals surface area contributed by atoms with Gasteiger partial charge in [0.1, 0.15) is 5.82 Å². The van der Waals surface area contributed by atoms with Gasteiger partial charge in [-0.3, -0.25) is 4.79 Å². The van der Waals surface area contributed by atoms with Crippen LogP contribution in [0.5, 0.6) is 0 Å². The van der Waals surface area contributed by atoms with E-state index in [-0.39, 0.29) is 5.91 Å². The summed E-state index contributed by atoms with van der Waals surface area (Å²) in [4.78, 5) is 21.1. The molecule has 6 nitrogen and oxygen atoms in total. The van der Waals surface area contributed by atoms with Crippen LogP contribution in [0.25, 0.3) is 0 Å². The molecule has 0 aliphatic carbocycles. The average Bonchev–Trinajstić information content (AvgIpc) is 2.83. The van der Waals surface area contributed by atoms with Crippen LogP contribution in [-0.2, 0) is 11.2 Å². The minimum Gasteiger partial charge on any atom is -0.399 e. The Kier molecular flexibility index (Phi) is 4.76. The maximum atomic E-state index is 12.5. The molecule has 1 aromatic carbocycles. The average molecular weight is 331 g/mol. The molecule has 1 aliphatic heterocycles. The van der Waals surface area contributed by atoms with Gasteiger partial charge in [-0.25, -0.2) is 4.98 Å². The van der Waals surface area contributed by atoms with Crippen molar-refractivity contribution in [2.75, 3.05) is 36.8 Å². The number of nitrogen functional groups attached to an aromatic ring is 1. The van der Waals surface area contributed by atoms with Gasteiger partial charge in [0.25, 0.3) is 0 Å². The molecule has 3 rings (SSSR count). The maximum Gasteiger partial charge on any atom is 0.227 e. The Morgan fingerprint density at radius 3 is 2.70 bits per heavy atom. The first-order valence-corrected chi connectivity index (χ1v) is 8.56. The van der Waals surface area contributed by atoms with Crippen LogP contribution >= 0.6 is 11.5 Å². The normalized spacial score (nSPS) is 15.5. The fourth-order valence-corrected chi connectivity index (χ4v) is 3.42. The Hall–Kier alpha value is -2.15. The molecule has 122 valence electrons. The Morgan fingerprint density at radius 1 is 1.22 bits per heavy atom. The van der Waals surface area contributed by atoms with Crippen molar-refractivity contribution in [1.29, 1.82) is 0 Å². The smallest absolute Gasteiger partial charge is 0.227 e. The van der Waals surface area contributed by atoms with Gasteiger partial charge in [0.05, 0.1) is 6.42 Å². The fraction of sp³-hybridized carbons (Fsp3) is 0.438. The molecule has 0 spiro atoms. The number of carbonyl (C=O) groups excluding carboxylic acids is 1. The first-order chi connectivity index (χ1) is 11.1. The van der Waals surface area contributed by atoms with Gasteiger partial charge in [-0.2, -0.15) is 4.37 Å². The summed E-state index contributed by atoms with van der Waals surface area (Å²) >= 11 is 1.43. The van der Waals surface area contributed by atoms with E-state index in [1.165, 1.54) is 11.5 Å². The van der Waals surface area contributed by atoms with Gasteiger partial charge in [0, 0.05) is 43.4 Å². The van der Waals surface area contributed by atoms with Gasteiger partial charge in [-0.1, -0.05) is 12.1 Å². The molecule has 0 bridgehead atoms. The number of amides is 1. The molecule has 2 N–H and O–H groups in total. The summed E-state index contributed by atoms with van der Waals surface area (Å²) in [7, 11) is 0. The summed E-state index contributed by atoms with van der Waals surface area (Å²) in [6.07, 6.45) is 1.38. The lowest BCUT2D eigenvalue weighted by molar-refractivity contribution is -0.130. The molecule has 0 atom stereocenters. The Bertz CT molecular complexity index is 669. The van der Waals surface area contributed by atoms with Crippen molar-refractivity contribution in [2.24, 2.45) is 0 Å². The minimum atomic E-state index is 0.171. The summed E-state index contributed by atoms with van der Waals surface area (Å²) in [6.45, 7) is 5.15. The highest BCUT2D eigenvalue weighted by atomic mass is 32.1. The standard InChI is InChI=1S/C16H21N5OS/c1-12-18-16(23-19-12)21-8-2-7-20(9-10-21)15(22)11-13-3-5-14(17)6-4-13/h3-6H,2,7-11,17H2,1H3. The van der Waals surface area contributed by atoms with Gasteiger partial charge in [-0.05, 0) is 31.0 Å². The summed E-state index contributed by atoms with van der Waals surface area (Å²) in [5.41, 5.74) is 7.41. The van der Waals surface area contributed by atoms with Crippen LogP contribution in [-0.4, -0.2) is 46.3 Å². The molecule has 1 aromatic heterocycles. The van der Waals surface area contributed by atoms with E-state index in [4.69, 9.17) is 5.73 Å². The lowest BCUT2D eigenvalue weighted by Crippen LogP contribution is -2.36. The van der Waals surface area contributed by atoms with Crippen LogP contribution in [0.1, 0.15) is 17.8 Å². The number of rotatable bonds is 3. The first-order valence-electron chi connectivity index (χ1n) is 7.79. The van der Waals surface area contributed by atoms with Crippen molar-refractivity contribution in [1.82, 2.24) is 14.3 Å². The largest absolute Gasteiger partial charge is 0.399 e. The molecule has 23 heavy (non-hydrogen) atoms. The zero-order valence-corrected chi connectivity index (χ0v) is 14.1. The maximum absolute atomic E-state index is 12.5. The van der Waals surface area contributed by atoms with Crippen molar-refractivity contribution in [3.63, 3.8) is 0 Å². The zero-order valence-electron chi connectivity index (χ0n) is 13.2. The quantitative estimate of drug-likeness (QED) is 0.867. The number of hydrogen-bond acceptors (Lipinski definition) is 6. The highest BCUT2D eigenvalue weighted by Gasteiger charge is 2.21. The van der Waals surface area contributed by atoms with Crippen molar-refractivity contribution in [2.45, 2.75) is 19.8 Å². The molecular formula is C16H21N5OS. The van der Waals surface area contributed by atoms with Gasteiger partial charge in [0.15, 0.2) is 0 Å². The van der Waals surface area contributed by atoms with Crippen LogP contribution in [0.2, 0.25) is 0 Å². The van der Waals surface area contributed by atoms with E-state index in [9.17, 15) is 4.79 Å². The number of anilines is 2. The second-order valence-corrected chi connectivity index (χ2v) is 6.49. The molecule has 2 heterocycles. The van der Waals surface area contributed by atoms with Crippen LogP contribution in [0.4, 0.5) is 10.8 Å². The Morgan fingerprint density at radius 2 is 2.00 bits per heavy atom. The number of benzene rings is 1. The van der Waals surface area contributed by atoms with Crippen LogP contribution in [0.15, 0.2) is 24.3 Å². The molecule has 0 unspecified atom stereocenters. The van der Waals surface area contributed by atoms with E-state index in [0.717, 1.165) is 54.8 Å². The summed E-state index contributed by atoms with van der Waals surface area (Å²) in [5, 5.41) is 0.954. The lowest BCUT2D eigenvalue weighted by Gasteiger charge is -2.21. The van der Waals surface area contributed by atoms with E-state index in [1.807, 2.05) is 36.1 Å². The molecule has 1 fully saturated rings. The zero-order chi connectivity index (χ0) is 16.2. The minimum absolute atomic E-state index is 0.171. The monoisotopic (exact) mass is 331 g/mol. The van der Waals surface area contributed by atoms with Crippen molar-refractivity contribution in [3.8, 4) is 0 Å².